The first kappa shape index (κ1) is 14.7. The Bertz CT molecular complexity index is 934. The number of hydrogen-bond donors (Lipinski definition) is 1. The topological polar surface area (TPSA) is 19.0 Å². The van der Waals surface area contributed by atoms with Crippen LogP contribution in [0.15, 0.2) is 60.4 Å². The molecule has 0 saturated heterocycles. The molecule has 2 heteroatoms. The largest absolute Gasteiger partial charge is 0.364 e. The average molecular weight is 340 g/mol. The highest BCUT2D eigenvalue weighted by atomic mass is 15.2. The van der Waals surface area contributed by atoms with Crippen LogP contribution in [0, 0.1) is 5.92 Å². The van der Waals surface area contributed by atoms with E-state index in [2.05, 4.69) is 76.8 Å². The van der Waals surface area contributed by atoms with Crippen LogP contribution in [-0.4, -0.2) is 22.0 Å². The summed E-state index contributed by atoms with van der Waals surface area (Å²) < 4.78 is 0. The first-order valence-electron chi connectivity index (χ1n) is 9.98. The van der Waals surface area contributed by atoms with Crippen molar-refractivity contribution in [3.8, 4) is 0 Å². The van der Waals surface area contributed by atoms with Gasteiger partial charge in [0.05, 0.1) is 12.1 Å². The minimum absolute atomic E-state index is 0.443. The molecule has 4 unspecified atom stereocenters. The maximum atomic E-state index is 3.85. The van der Waals surface area contributed by atoms with Gasteiger partial charge in [0.2, 0.25) is 0 Å². The zero-order chi connectivity index (χ0) is 17.1. The maximum absolute atomic E-state index is 3.85. The predicted octanol–water partition coefficient (Wildman–Crippen LogP) is 5.11. The molecular weight excluding hydrogens is 316 g/mol. The zero-order valence-corrected chi connectivity index (χ0v) is 14.9. The summed E-state index contributed by atoms with van der Waals surface area (Å²) in [6.45, 7) is 0. The highest BCUT2D eigenvalue weighted by molar-refractivity contribution is 5.76. The molecule has 1 aromatic rings. The molecule has 0 fully saturated rings. The van der Waals surface area contributed by atoms with Crippen LogP contribution in [0.1, 0.15) is 47.7 Å². The first-order valence-corrected chi connectivity index (χ1v) is 9.98. The Morgan fingerprint density at radius 2 is 2.00 bits per heavy atom. The number of hydrogen-bond acceptors (Lipinski definition) is 1. The van der Waals surface area contributed by atoms with E-state index in [-0.39, 0.29) is 0 Å². The van der Waals surface area contributed by atoms with E-state index in [1.807, 2.05) is 0 Å². The van der Waals surface area contributed by atoms with Crippen molar-refractivity contribution in [2.24, 2.45) is 5.92 Å². The molecule has 0 saturated carbocycles. The van der Waals surface area contributed by atoms with E-state index in [0.29, 0.717) is 23.9 Å². The molecule has 5 aliphatic rings. The van der Waals surface area contributed by atoms with E-state index in [0.717, 1.165) is 6.42 Å². The number of aromatic nitrogens is 1. The smallest absolute Gasteiger partial charge is 0.0595 e. The van der Waals surface area contributed by atoms with Crippen LogP contribution in [0.25, 0.3) is 12.2 Å². The molecule has 4 atom stereocenters. The molecule has 2 nitrogen and oxygen atoms in total. The number of nitrogens with one attached hydrogen (secondary N) is 1. The number of aromatic amines is 1. The van der Waals surface area contributed by atoms with Gasteiger partial charge in [0.1, 0.15) is 0 Å². The summed E-state index contributed by atoms with van der Waals surface area (Å²) >= 11 is 0. The van der Waals surface area contributed by atoms with Gasteiger partial charge in [-0.2, -0.15) is 0 Å². The molecule has 2 heterocycles. The molecule has 4 aliphatic carbocycles. The molecule has 0 spiro atoms. The van der Waals surface area contributed by atoms with Gasteiger partial charge < -0.3 is 9.88 Å². The van der Waals surface area contributed by atoms with Crippen molar-refractivity contribution in [2.45, 2.75) is 43.7 Å². The predicted molar refractivity (Wildman–Crippen MR) is 108 cm³/mol. The number of fused-ring (bicyclic) bond motifs is 6. The highest BCUT2D eigenvalue weighted by Gasteiger charge is 2.38. The summed E-state index contributed by atoms with van der Waals surface area (Å²) in [7, 11) is 0. The first-order chi connectivity index (χ1) is 12.9. The fourth-order valence-electron chi connectivity index (χ4n) is 5.38. The third-order valence-corrected chi connectivity index (χ3v) is 6.73. The average Bonchev–Trinajstić information content (AvgIpc) is 3.28. The van der Waals surface area contributed by atoms with Crippen molar-refractivity contribution in [3.63, 3.8) is 0 Å². The van der Waals surface area contributed by atoms with Gasteiger partial charge in [0, 0.05) is 28.4 Å². The van der Waals surface area contributed by atoms with Gasteiger partial charge in [-0.1, -0.05) is 54.7 Å². The summed E-state index contributed by atoms with van der Waals surface area (Å²) in [5.74, 6) is 1.16. The van der Waals surface area contributed by atoms with E-state index in [1.165, 1.54) is 47.4 Å². The van der Waals surface area contributed by atoms with Gasteiger partial charge in [0.15, 0.2) is 0 Å². The van der Waals surface area contributed by atoms with Crippen LogP contribution < -0.4 is 0 Å². The molecule has 1 aromatic heterocycles. The van der Waals surface area contributed by atoms with Crippen molar-refractivity contribution in [1.29, 1.82) is 0 Å². The molecule has 6 rings (SSSR count). The molecule has 1 N–H and O–H groups in total. The van der Waals surface area contributed by atoms with Gasteiger partial charge >= 0.3 is 0 Å². The summed E-state index contributed by atoms with van der Waals surface area (Å²) in [5, 5.41) is 0. The Balaban J connectivity index is 1.37. The van der Waals surface area contributed by atoms with Crippen molar-refractivity contribution in [3.05, 3.63) is 82.9 Å². The number of allylic oxidation sites excluding steroid dienone is 5. The Hall–Kier alpha value is -2.48. The molecule has 0 aromatic carbocycles. The van der Waals surface area contributed by atoms with Crippen molar-refractivity contribution >= 4 is 12.2 Å². The monoisotopic (exact) mass is 340 g/mol. The van der Waals surface area contributed by atoms with E-state index >= 15 is 0 Å². The lowest BCUT2D eigenvalue weighted by molar-refractivity contribution is 0.277. The van der Waals surface area contributed by atoms with Gasteiger partial charge in [-0.25, -0.2) is 0 Å². The third kappa shape index (κ3) is 2.05. The highest BCUT2D eigenvalue weighted by Crippen LogP contribution is 2.44. The second-order valence-corrected chi connectivity index (χ2v) is 8.15. The van der Waals surface area contributed by atoms with Crippen LogP contribution in [0.2, 0.25) is 0 Å². The molecule has 0 bridgehead atoms. The summed E-state index contributed by atoms with van der Waals surface area (Å²) in [6.07, 6.45) is 30.4. The Kier molecular flexibility index (Phi) is 3.11. The van der Waals surface area contributed by atoms with Crippen molar-refractivity contribution in [1.82, 2.24) is 9.88 Å². The van der Waals surface area contributed by atoms with Gasteiger partial charge in [0.25, 0.3) is 0 Å². The molecule has 1 aliphatic heterocycles. The Morgan fingerprint density at radius 3 is 2.92 bits per heavy atom. The minimum atomic E-state index is 0.443. The van der Waals surface area contributed by atoms with E-state index in [9.17, 15) is 0 Å². The van der Waals surface area contributed by atoms with Crippen molar-refractivity contribution < 1.29 is 0 Å². The zero-order valence-electron chi connectivity index (χ0n) is 14.9. The fraction of sp³-hybridized carbons (Fsp3) is 0.333. The van der Waals surface area contributed by atoms with Gasteiger partial charge in [-0.05, 0) is 49.5 Å². The molecular formula is C24H24N2. The molecule has 0 amide bonds. The van der Waals surface area contributed by atoms with Crippen LogP contribution in [0.3, 0.4) is 0 Å². The Morgan fingerprint density at radius 1 is 1.00 bits per heavy atom. The van der Waals surface area contributed by atoms with Crippen molar-refractivity contribution in [2.75, 3.05) is 0 Å². The van der Waals surface area contributed by atoms with Gasteiger partial charge in [-0.3, -0.25) is 0 Å². The standard InChI is InChI=1S/C24H24N2/c1-2-8-18(9-3-1)26-13-12-20-23(26)11-10-19-21-14-16-6-4-5-7-17(16)15-22(21)25-24(19)20/h1-4,6,8,10-14,17-18,20,23,25H,5,7,9,15H2. The lowest BCUT2D eigenvalue weighted by Crippen LogP contribution is -2.38. The SMILES string of the molecule is C1=CCC(N2C=CC3c4[nH]c5c(c4C=CC32)C=C2C=CCCC2C5)C=C1. The fourth-order valence-corrected chi connectivity index (χ4v) is 5.38. The molecule has 0 radical (unpaired) electrons. The van der Waals surface area contributed by atoms with Crippen LogP contribution in [0.4, 0.5) is 0 Å². The van der Waals surface area contributed by atoms with Crippen LogP contribution >= 0.6 is 0 Å². The number of rotatable bonds is 1. The van der Waals surface area contributed by atoms with Gasteiger partial charge in [-0.15, -0.1) is 0 Å². The minimum Gasteiger partial charge on any atom is -0.364 e. The lowest BCUT2D eigenvalue weighted by Gasteiger charge is -2.35. The number of nitrogens with zero attached hydrogens (tertiary/aromatic N) is 1. The van der Waals surface area contributed by atoms with E-state index < -0.39 is 0 Å². The van der Waals surface area contributed by atoms with E-state index in [1.54, 1.807) is 0 Å². The summed E-state index contributed by atoms with van der Waals surface area (Å²) in [6, 6.07) is 0.927. The lowest BCUT2D eigenvalue weighted by atomic mass is 9.79. The quantitative estimate of drug-likeness (QED) is 0.752. The molecule has 130 valence electrons. The second-order valence-electron chi connectivity index (χ2n) is 8.15. The second kappa shape index (κ2) is 5.51. The third-order valence-electron chi connectivity index (χ3n) is 6.73. The maximum Gasteiger partial charge on any atom is 0.0595 e. The Labute approximate surface area is 155 Å². The van der Waals surface area contributed by atoms with Crippen LogP contribution in [0.5, 0.6) is 0 Å². The summed E-state index contributed by atoms with van der Waals surface area (Å²) in [5.41, 5.74) is 7.29. The van der Waals surface area contributed by atoms with E-state index in [4.69, 9.17) is 0 Å². The van der Waals surface area contributed by atoms with Crippen LogP contribution in [-0.2, 0) is 6.42 Å². The number of H-pyrrole nitrogens is 1. The summed E-state index contributed by atoms with van der Waals surface area (Å²) in [4.78, 5) is 6.38. The molecule has 26 heavy (non-hydrogen) atoms. The normalized spacial score (nSPS) is 32.9.